The fourth-order valence-corrected chi connectivity index (χ4v) is 9.89. The van der Waals surface area contributed by atoms with Crippen molar-refractivity contribution >= 4 is 55.5 Å². The van der Waals surface area contributed by atoms with Crippen LogP contribution in [0.3, 0.4) is 0 Å². The van der Waals surface area contributed by atoms with Gasteiger partial charge in [-0.25, -0.2) is 0 Å². The Kier molecular flexibility index (Phi) is 9.91. The number of hydrogen-bond acceptors (Lipinski definition) is 3. The van der Waals surface area contributed by atoms with E-state index in [1.165, 1.54) is 48.1 Å². The van der Waals surface area contributed by atoms with Crippen molar-refractivity contribution in [3.8, 4) is 22.5 Å². The summed E-state index contributed by atoms with van der Waals surface area (Å²) in [5, 5.41) is 6.43. The molecule has 5 heteroatoms. The predicted octanol–water partition coefficient (Wildman–Crippen LogP) is 11.6. The quantitative estimate of drug-likeness (QED) is 0.127. The van der Waals surface area contributed by atoms with Gasteiger partial charge in [-0.3, -0.25) is 0 Å². The molecule has 1 aliphatic rings. The van der Waals surface area contributed by atoms with Gasteiger partial charge in [-0.2, -0.15) is 11.3 Å². The topological polar surface area (TPSA) is 25.8 Å². The van der Waals surface area contributed by atoms with Crippen LogP contribution in [0.4, 0.5) is 0 Å². The monoisotopic (exact) mass is 841 g/mol. The summed E-state index contributed by atoms with van der Waals surface area (Å²) in [5.74, 6) is 0.0852. The predicted molar refractivity (Wildman–Crippen MR) is 205 cm³/mol. The first-order chi connectivity index (χ1) is 23.6. The molecule has 0 atom stereocenters. The van der Waals surface area contributed by atoms with Crippen molar-refractivity contribution in [2.45, 2.75) is 65.0 Å². The van der Waals surface area contributed by atoms with Crippen molar-refractivity contribution in [1.82, 2.24) is 9.97 Å². The van der Waals surface area contributed by atoms with Crippen molar-refractivity contribution in [1.29, 1.82) is 0 Å². The molecule has 0 spiro atoms. The Bertz CT molecular complexity index is 2260. The van der Waals surface area contributed by atoms with Crippen LogP contribution in [0, 0.1) is 25.0 Å². The van der Waals surface area contributed by atoms with E-state index in [1.807, 2.05) is 36.4 Å². The summed E-state index contributed by atoms with van der Waals surface area (Å²) in [6, 6.07) is 37.7. The number of rotatable bonds is 5. The zero-order valence-electron chi connectivity index (χ0n) is 30.1. The van der Waals surface area contributed by atoms with E-state index in [2.05, 4.69) is 109 Å². The molecule has 0 amide bonds. The van der Waals surface area contributed by atoms with Crippen LogP contribution < -0.4 is 5.19 Å². The fourth-order valence-electron chi connectivity index (χ4n) is 6.84. The van der Waals surface area contributed by atoms with Crippen LogP contribution in [0.25, 0.3) is 53.5 Å². The zero-order valence-corrected chi connectivity index (χ0v) is 32.3. The Hall–Kier alpha value is -3.47. The summed E-state index contributed by atoms with van der Waals surface area (Å²) >= 11 is 1.79. The standard InChI is InChI=1S/C28H24NS.C15H18NSi.Ir/c1-2-7-19(8-3-1)17-20-15-16-29-26(18-20)25-12-6-11-23-24-14-13-21-9-4-5-10-22(21)27(24)30-28(23)25;1-12-10-14(13-8-6-5-7-9-13)16-11-15(12)17(2,3)4;/h4-6,9-11,13-16,18-19H,1-3,7-8,17H2;5-8,10-11H,1-4H3;/q2*-1;/i17D2;;. The molecular weight excluding hydrogens is 797 g/mol. The third-order valence-corrected chi connectivity index (χ3v) is 12.6. The second-order valence-electron chi connectivity index (χ2n) is 13.7. The van der Waals surface area contributed by atoms with Gasteiger partial charge < -0.3 is 9.97 Å². The maximum Gasteiger partial charge on any atom is 0.0798 e. The minimum atomic E-state index is -1.33. The second kappa shape index (κ2) is 15.0. The van der Waals surface area contributed by atoms with E-state index in [9.17, 15) is 0 Å². The number of nitrogens with zero attached hydrogens (tertiary/aromatic N) is 2. The van der Waals surface area contributed by atoms with E-state index in [0.29, 0.717) is 0 Å². The largest absolute Gasteiger partial charge is 0.305 e. The number of hydrogen-bond donors (Lipinski definition) is 0. The molecule has 3 heterocycles. The van der Waals surface area contributed by atoms with Gasteiger partial charge in [0.15, 0.2) is 0 Å². The number of benzene rings is 4. The molecule has 7 aromatic rings. The minimum absolute atomic E-state index is 0. The number of thiophene rings is 1. The summed E-state index contributed by atoms with van der Waals surface area (Å²) in [7, 11) is -1.27. The molecule has 0 unspecified atom stereocenters. The molecule has 2 nitrogen and oxygen atoms in total. The summed E-state index contributed by atoms with van der Waals surface area (Å²) in [4.78, 5) is 9.24. The van der Waals surface area contributed by atoms with Crippen LogP contribution in [-0.4, -0.2) is 18.0 Å². The van der Waals surface area contributed by atoms with Crippen LogP contribution in [0.15, 0.2) is 103 Å². The van der Waals surface area contributed by atoms with Crippen LogP contribution >= 0.6 is 11.3 Å². The fraction of sp³-hybridized carbons (Fsp3) is 0.256. The van der Waals surface area contributed by atoms with Crippen LogP contribution in [0.2, 0.25) is 19.6 Å². The van der Waals surface area contributed by atoms with Crippen molar-refractivity contribution < 1.29 is 22.8 Å². The van der Waals surface area contributed by atoms with E-state index in [1.54, 1.807) is 17.5 Å². The molecule has 0 N–H and O–H groups in total. The second-order valence-corrected chi connectivity index (χ2v) is 19.7. The first-order valence-corrected chi connectivity index (χ1v) is 21.1. The summed E-state index contributed by atoms with van der Waals surface area (Å²) in [6.07, 6.45) is 7.91. The average molecular weight is 841 g/mol. The summed E-state index contributed by atoms with van der Waals surface area (Å²) in [6.45, 7) is 9.24. The number of aryl methyl sites for hydroxylation is 1. The molecule has 4 aromatic carbocycles. The minimum Gasteiger partial charge on any atom is -0.305 e. The average Bonchev–Trinajstić information content (AvgIpc) is 3.52. The van der Waals surface area contributed by atoms with E-state index in [0.717, 1.165) is 53.8 Å². The molecule has 0 bridgehead atoms. The SMILES string of the molecule is Cc1cc(-c2[c-]cccc2)ncc1[Si](C)(C)C.[2H]C([2H])(c1ccnc(-c2[c-]ccc3c2sc2c4ccccc4ccc32)c1)C1CCCCC1.[Ir]. The van der Waals surface area contributed by atoms with Crippen molar-refractivity contribution in [2.24, 2.45) is 5.92 Å². The van der Waals surface area contributed by atoms with Gasteiger partial charge >= 0.3 is 0 Å². The molecule has 8 rings (SSSR count). The molecule has 48 heavy (non-hydrogen) atoms. The Morgan fingerprint density at radius 2 is 1.58 bits per heavy atom. The molecule has 0 aliphatic heterocycles. The van der Waals surface area contributed by atoms with E-state index in [4.69, 9.17) is 2.74 Å². The van der Waals surface area contributed by atoms with Gasteiger partial charge in [0.25, 0.3) is 0 Å². The molecule has 1 radical (unpaired) electrons. The third kappa shape index (κ3) is 7.40. The van der Waals surface area contributed by atoms with Crippen LogP contribution in [0.1, 0.15) is 46.0 Å². The summed E-state index contributed by atoms with van der Waals surface area (Å²) < 4.78 is 20.2. The molecular formula is C43H42IrN2SSi-2. The Balaban J connectivity index is 0.000000204. The maximum absolute atomic E-state index is 8.89. The molecule has 3 aromatic heterocycles. The molecule has 1 saturated carbocycles. The van der Waals surface area contributed by atoms with Crippen LogP contribution in [-0.2, 0) is 26.5 Å². The number of pyridine rings is 2. The van der Waals surface area contributed by atoms with Gasteiger partial charge in [0.05, 0.1) is 8.07 Å². The molecule has 1 aliphatic carbocycles. The smallest absolute Gasteiger partial charge is 0.0798 e. The molecule has 0 saturated heterocycles. The zero-order chi connectivity index (χ0) is 34.2. The molecule has 1 fully saturated rings. The molecule has 245 valence electrons. The number of fused-ring (bicyclic) bond motifs is 5. The Morgan fingerprint density at radius 3 is 2.35 bits per heavy atom. The van der Waals surface area contributed by atoms with E-state index >= 15 is 0 Å². The van der Waals surface area contributed by atoms with Gasteiger partial charge in [0.1, 0.15) is 0 Å². The third-order valence-electron chi connectivity index (χ3n) is 9.22. The van der Waals surface area contributed by atoms with Gasteiger partial charge in [0.2, 0.25) is 0 Å². The van der Waals surface area contributed by atoms with Gasteiger partial charge in [-0.1, -0.05) is 117 Å². The van der Waals surface area contributed by atoms with Gasteiger partial charge in [-0.15, -0.1) is 59.7 Å². The van der Waals surface area contributed by atoms with Crippen molar-refractivity contribution in [3.05, 3.63) is 127 Å². The van der Waals surface area contributed by atoms with Gasteiger partial charge in [0, 0.05) is 39.9 Å². The first kappa shape index (κ1) is 31.8. The normalized spacial score (nSPS) is 14.6. The number of aromatic nitrogens is 2. The van der Waals surface area contributed by atoms with Crippen molar-refractivity contribution in [2.75, 3.05) is 0 Å². The van der Waals surface area contributed by atoms with E-state index in [-0.39, 0.29) is 26.0 Å². The van der Waals surface area contributed by atoms with E-state index < -0.39 is 14.4 Å². The Labute approximate surface area is 306 Å². The Morgan fingerprint density at radius 1 is 0.792 bits per heavy atom. The van der Waals surface area contributed by atoms with Crippen LogP contribution in [0.5, 0.6) is 0 Å². The van der Waals surface area contributed by atoms with Crippen molar-refractivity contribution in [3.63, 3.8) is 0 Å². The summed E-state index contributed by atoms with van der Waals surface area (Å²) in [5.41, 5.74) is 5.96. The first-order valence-electron chi connectivity index (χ1n) is 17.8. The maximum atomic E-state index is 8.89. The van der Waals surface area contributed by atoms with Gasteiger partial charge in [-0.05, 0) is 62.7 Å².